The van der Waals surface area contributed by atoms with Crippen LogP contribution in [0.5, 0.6) is 0 Å². The Morgan fingerprint density at radius 3 is 2.71 bits per heavy atom. The van der Waals surface area contributed by atoms with Crippen molar-refractivity contribution in [3.8, 4) is 0 Å². The molecule has 1 saturated heterocycles. The molecule has 0 aromatic carbocycles. The average Bonchev–Trinajstić information content (AvgIpc) is 2.70. The molecule has 2 heterocycles. The SMILES string of the molecule is CN(C)c1ccc([C@H]2C[C@H](O)[C@@H](CO)O2)cn1. The second-order valence-electron chi connectivity index (χ2n) is 4.49. The van der Waals surface area contributed by atoms with E-state index in [9.17, 15) is 5.11 Å². The number of hydrogen-bond donors (Lipinski definition) is 2. The molecular formula is C12H18N2O3. The molecule has 0 spiro atoms. The predicted octanol–water partition coefficient (Wildman–Crippen LogP) is 0.331. The zero-order chi connectivity index (χ0) is 12.4. The highest BCUT2D eigenvalue weighted by molar-refractivity contribution is 5.37. The van der Waals surface area contributed by atoms with Crippen LogP contribution >= 0.6 is 0 Å². The first-order chi connectivity index (χ1) is 8.11. The first-order valence-corrected chi connectivity index (χ1v) is 5.69. The van der Waals surface area contributed by atoms with Crippen molar-refractivity contribution < 1.29 is 14.9 Å². The maximum atomic E-state index is 9.65. The maximum Gasteiger partial charge on any atom is 0.127 e. The lowest BCUT2D eigenvalue weighted by Gasteiger charge is -2.14. The van der Waals surface area contributed by atoms with E-state index in [0.29, 0.717) is 6.42 Å². The summed E-state index contributed by atoms with van der Waals surface area (Å²) in [7, 11) is 3.86. The summed E-state index contributed by atoms with van der Waals surface area (Å²) in [5.41, 5.74) is 0.936. The van der Waals surface area contributed by atoms with E-state index in [2.05, 4.69) is 4.98 Å². The summed E-state index contributed by atoms with van der Waals surface area (Å²) < 4.78 is 5.56. The molecule has 2 rings (SSSR count). The van der Waals surface area contributed by atoms with Gasteiger partial charge in [-0.1, -0.05) is 6.07 Å². The average molecular weight is 238 g/mol. The molecule has 1 aliphatic rings. The first kappa shape index (κ1) is 12.3. The number of aliphatic hydroxyl groups excluding tert-OH is 2. The smallest absolute Gasteiger partial charge is 0.127 e. The summed E-state index contributed by atoms with van der Waals surface area (Å²) in [6, 6.07) is 3.86. The zero-order valence-corrected chi connectivity index (χ0v) is 10.1. The summed E-state index contributed by atoms with van der Waals surface area (Å²) >= 11 is 0. The van der Waals surface area contributed by atoms with Crippen LogP contribution in [0.15, 0.2) is 18.3 Å². The van der Waals surface area contributed by atoms with Crippen LogP contribution in [0.2, 0.25) is 0 Å². The highest BCUT2D eigenvalue weighted by Crippen LogP contribution is 2.32. The van der Waals surface area contributed by atoms with Crippen molar-refractivity contribution in [2.24, 2.45) is 0 Å². The minimum Gasteiger partial charge on any atom is -0.394 e. The van der Waals surface area contributed by atoms with Gasteiger partial charge < -0.3 is 19.8 Å². The van der Waals surface area contributed by atoms with Crippen molar-refractivity contribution in [3.05, 3.63) is 23.9 Å². The van der Waals surface area contributed by atoms with Crippen molar-refractivity contribution in [2.45, 2.75) is 24.7 Å². The summed E-state index contributed by atoms with van der Waals surface area (Å²) in [5, 5.41) is 18.7. The third kappa shape index (κ3) is 2.57. The first-order valence-electron chi connectivity index (χ1n) is 5.69. The summed E-state index contributed by atoms with van der Waals surface area (Å²) in [6.45, 7) is -0.152. The minimum absolute atomic E-state index is 0.152. The minimum atomic E-state index is -0.599. The molecule has 0 saturated carbocycles. The highest BCUT2D eigenvalue weighted by Gasteiger charge is 2.34. The standard InChI is InChI=1S/C12H18N2O3/c1-14(2)12-4-3-8(6-13-12)10-5-9(16)11(7-15)17-10/h3-4,6,9-11,15-16H,5,7H2,1-2H3/t9-,10+,11+/m0/s1. The molecule has 0 bridgehead atoms. The number of pyridine rings is 1. The van der Waals surface area contributed by atoms with Crippen LogP contribution in [0.3, 0.4) is 0 Å². The molecule has 1 aliphatic heterocycles. The molecule has 17 heavy (non-hydrogen) atoms. The van der Waals surface area contributed by atoms with Crippen molar-refractivity contribution in [1.82, 2.24) is 4.98 Å². The molecule has 2 N–H and O–H groups in total. The van der Waals surface area contributed by atoms with E-state index in [1.807, 2.05) is 31.1 Å². The van der Waals surface area contributed by atoms with Crippen molar-refractivity contribution in [1.29, 1.82) is 0 Å². The maximum absolute atomic E-state index is 9.65. The third-order valence-corrected chi connectivity index (χ3v) is 3.00. The Bertz CT molecular complexity index is 367. The van der Waals surface area contributed by atoms with Crippen molar-refractivity contribution in [3.63, 3.8) is 0 Å². The van der Waals surface area contributed by atoms with Gasteiger partial charge >= 0.3 is 0 Å². The number of aliphatic hydroxyl groups is 2. The number of nitrogens with zero attached hydrogens (tertiary/aromatic N) is 2. The lowest BCUT2D eigenvalue weighted by Crippen LogP contribution is -2.24. The lowest BCUT2D eigenvalue weighted by atomic mass is 10.1. The molecule has 5 nitrogen and oxygen atoms in total. The van der Waals surface area contributed by atoms with Crippen LogP contribution in [-0.4, -0.2) is 48.1 Å². The van der Waals surface area contributed by atoms with Gasteiger partial charge in [-0.2, -0.15) is 0 Å². The van der Waals surface area contributed by atoms with E-state index in [0.717, 1.165) is 11.4 Å². The molecule has 94 valence electrons. The fourth-order valence-electron chi connectivity index (χ4n) is 1.96. The summed E-state index contributed by atoms with van der Waals surface area (Å²) in [5.74, 6) is 0.881. The monoisotopic (exact) mass is 238 g/mol. The van der Waals surface area contributed by atoms with Gasteiger partial charge in [-0.15, -0.1) is 0 Å². The van der Waals surface area contributed by atoms with Gasteiger partial charge in [0, 0.05) is 26.7 Å². The Morgan fingerprint density at radius 2 is 2.24 bits per heavy atom. The Labute approximate surface area is 101 Å². The van der Waals surface area contributed by atoms with E-state index in [1.165, 1.54) is 0 Å². The highest BCUT2D eigenvalue weighted by atomic mass is 16.5. The molecule has 1 aromatic rings. The lowest BCUT2D eigenvalue weighted by molar-refractivity contribution is -0.0226. The van der Waals surface area contributed by atoms with Gasteiger partial charge in [-0.3, -0.25) is 0 Å². The second kappa shape index (κ2) is 5.00. The largest absolute Gasteiger partial charge is 0.394 e. The van der Waals surface area contributed by atoms with E-state index >= 15 is 0 Å². The Balaban J connectivity index is 2.08. The zero-order valence-electron chi connectivity index (χ0n) is 10.1. The fraction of sp³-hybridized carbons (Fsp3) is 0.583. The second-order valence-corrected chi connectivity index (χ2v) is 4.49. The van der Waals surface area contributed by atoms with Crippen molar-refractivity contribution in [2.75, 3.05) is 25.6 Å². The van der Waals surface area contributed by atoms with Crippen LogP contribution < -0.4 is 4.90 Å². The molecule has 0 amide bonds. The van der Waals surface area contributed by atoms with Gasteiger partial charge in [0.05, 0.1) is 18.8 Å². The summed E-state index contributed by atoms with van der Waals surface area (Å²) in [4.78, 5) is 6.22. The Morgan fingerprint density at radius 1 is 1.47 bits per heavy atom. The molecule has 1 aromatic heterocycles. The van der Waals surface area contributed by atoms with E-state index in [4.69, 9.17) is 9.84 Å². The molecule has 0 aliphatic carbocycles. The van der Waals surface area contributed by atoms with E-state index < -0.39 is 12.2 Å². The Kier molecular flexibility index (Phi) is 3.61. The van der Waals surface area contributed by atoms with Crippen LogP contribution in [0.25, 0.3) is 0 Å². The van der Waals surface area contributed by atoms with E-state index in [1.54, 1.807) is 6.20 Å². The topological polar surface area (TPSA) is 65.8 Å². The molecular weight excluding hydrogens is 220 g/mol. The number of aromatic nitrogens is 1. The predicted molar refractivity (Wildman–Crippen MR) is 63.9 cm³/mol. The summed E-state index contributed by atoms with van der Waals surface area (Å²) in [6.07, 6.45) is 1.01. The normalized spacial score (nSPS) is 28.4. The van der Waals surface area contributed by atoms with Crippen LogP contribution in [-0.2, 0) is 4.74 Å². The molecule has 0 unspecified atom stereocenters. The number of hydrogen-bond acceptors (Lipinski definition) is 5. The fourth-order valence-corrected chi connectivity index (χ4v) is 1.96. The quantitative estimate of drug-likeness (QED) is 0.794. The van der Waals surface area contributed by atoms with Crippen LogP contribution in [0.1, 0.15) is 18.1 Å². The molecule has 3 atom stereocenters. The number of ether oxygens (including phenoxy) is 1. The van der Waals surface area contributed by atoms with Crippen molar-refractivity contribution >= 4 is 5.82 Å². The number of rotatable bonds is 3. The third-order valence-electron chi connectivity index (χ3n) is 3.00. The molecule has 5 heteroatoms. The van der Waals surface area contributed by atoms with Gasteiger partial charge in [0.25, 0.3) is 0 Å². The van der Waals surface area contributed by atoms with Gasteiger partial charge in [-0.25, -0.2) is 4.98 Å². The van der Waals surface area contributed by atoms with Gasteiger partial charge in [-0.05, 0) is 11.6 Å². The van der Waals surface area contributed by atoms with Gasteiger partial charge in [0.15, 0.2) is 0 Å². The molecule has 1 fully saturated rings. The Hall–Kier alpha value is -1.17. The molecule has 0 radical (unpaired) electrons. The van der Waals surface area contributed by atoms with Crippen LogP contribution in [0, 0.1) is 0 Å². The van der Waals surface area contributed by atoms with Gasteiger partial charge in [0.1, 0.15) is 11.9 Å². The van der Waals surface area contributed by atoms with Crippen LogP contribution in [0.4, 0.5) is 5.82 Å². The van der Waals surface area contributed by atoms with E-state index in [-0.39, 0.29) is 12.7 Å². The number of anilines is 1. The van der Waals surface area contributed by atoms with Gasteiger partial charge in [0.2, 0.25) is 0 Å².